The maximum atomic E-state index is 12.1. The Balaban J connectivity index is 1.79. The predicted molar refractivity (Wildman–Crippen MR) is 81.4 cm³/mol. The highest BCUT2D eigenvalue weighted by Crippen LogP contribution is 2.15. The Morgan fingerprint density at radius 1 is 0.920 bits per heavy atom. The van der Waals surface area contributed by atoms with Crippen LogP contribution < -0.4 is 5.73 Å². The molecule has 1 atom stereocenters. The third kappa shape index (κ3) is 5.81. The van der Waals surface area contributed by atoms with Crippen molar-refractivity contribution in [3.8, 4) is 0 Å². The smallest absolute Gasteiger partial charge is 0.384 e. The van der Waals surface area contributed by atoms with E-state index in [0.717, 1.165) is 0 Å². The second-order valence-corrected chi connectivity index (χ2v) is 6.07. The van der Waals surface area contributed by atoms with Gasteiger partial charge in [0, 0.05) is 26.2 Å². The Hall–Kier alpha value is -1.42. The summed E-state index contributed by atoms with van der Waals surface area (Å²) in [6.07, 6.45) is -0.643. The normalized spacial score (nSPS) is 25.2. The zero-order chi connectivity index (χ0) is 18.7. The highest BCUT2D eigenvalue weighted by molar-refractivity contribution is 5.81. The Morgan fingerprint density at radius 3 is 1.76 bits per heavy atom. The molecule has 2 N–H and O–H groups in total. The van der Waals surface area contributed by atoms with E-state index in [-0.39, 0.29) is 52.4 Å². The summed E-state index contributed by atoms with van der Waals surface area (Å²) in [5.41, 5.74) is 5.53. The molecule has 0 aromatic carbocycles. The number of carbonyl (C=O) groups is 2. The lowest BCUT2D eigenvalue weighted by molar-refractivity contribution is -1.05. The van der Waals surface area contributed by atoms with Crippen LogP contribution in [-0.2, 0) is 19.3 Å². The summed E-state index contributed by atoms with van der Waals surface area (Å²) >= 11 is 0. The van der Waals surface area contributed by atoms with Crippen molar-refractivity contribution in [3.63, 3.8) is 0 Å². The minimum Gasteiger partial charge on any atom is -0.785 e. The lowest BCUT2D eigenvalue weighted by Gasteiger charge is -2.46. The fraction of sp³-hybridized carbons (Fsp3) is 0.833. The molecule has 0 saturated carbocycles. The molecule has 0 aromatic rings. The van der Waals surface area contributed by atoms with E-state index >= 15 is 0 Å². The van der Waals surface area contributed by atoms with Crippen molar-refractivity contribution in [3.05, 3.63) is 20.8 Å². The lowest BCUT2D eigenvalue weighted by Crippen LogP contribution is -2.57. The third-order valence-corrected chi connectivity index (χ3v) is 3.97. The first kappa shape index (κ1) is 19.9. The second kappa shape index (κ2) is 7.86. The number of hydroxylamine groups is 12. The van der Waals surface area contributed by atoms with Crippen molar-refractivity contribution < 1.29 is 28.9 Å². The van der Waals surface area contributed by atoms with Crippen LogP contribution in [-0.4, -0.2) is 90.1 Å². The van der Waals surface area contributed by atoms with Crippen LogP contribution in [0.25, 0.3) is 0 Å². The van der Waals surface area contributed by atoms with Crippen molar-refractivity contribution in [1.82, 2.24) is 10.1 Å². The first-order chi connectivity index (χ1) is 11.6. The molecule has 2 rings (SSSR count). The van der Waals surface area contributed by atoms with Crippen molar-refractivity contribution in [2.75, 3.05) is 52.4 Å². The van der Waals surface area contributed by atoms with Crippen LogP contribution in [0, 0.1) is 20.8 Å². The van der Waals surface area contributed by atoms with Crippen LogP contribution in [0.5, 0.6) is 0 Å². The van der Waals surface area contributed by atoms with Crippen molar-refractivity contribution in [1.29, 1.82) is 0 Å². The molecule has 2 aliphatic rings. The number of nitrogens with zero attached hydrogens (tertiary/aromatic N) is 4. The number of hydrogen-bond donors (Lipinski definition) is 1. The highest BCUT2D eigenvalue weighted by atomic mass is 16.9. The summed E-state index contributed by atoms with van der Waals surface area (Å²) < 4.78 is 0. The minimum absolute atomic E-state index is 0.0716. The summed E-state index contributed by atoms with van der Waals surface area (Å²) in [5, 5.41) is 47.7. The number of nitrogens with two attached hydrogens (primary N) is 1. The Kier molecular flexibility index (Phi) is 6.26. The summed E-state index contributed by atoms with van der Waals surface area (Å²) in [6.45, 7) is -1.22. The molecule has 13 heteroatoms. The molecule has 144 valence electrons. The van der Waals surface area contributed by atoms with E-state index in [2.05, 4.69) is 0 Å². The number of quaternary nitrogens is 2. The average molecular weight is 363 g/mol. The van der Waals surface area contributed by atoms with Gasteiger partial charge in [-0.15, -0.1) is 0 Å². The van der Waals surface area contributed by atoms with Crippen LogP contribution in [0.3, 0.4) is 0 Å². The van der Waals surface area contributed by atoms with Gasteiger partial charge in [-0.1, -0.05) is 0 Å². The molecule has 13 nitrogen and oxygen atoms in total. The van der Waals surface area contributed by atoms with Gasteiger partial charge in [0.15, 0.2) is 0 Å². The molecule has 0 unspecified atom stereocenters. The monoisotopic (exact) mass is 363 g/mol. The average Bonchev–Trinajstić information content (AvgIpc) is 2.53. The van der Waals surface area contributed by atoms with Gasteiger partial charge in [-0.3, -0.25) is 9.68 Å². The Morgan fingerprint density at radius 2 is 1.32 bits per heavy atom. The fourth-order valence-electron chi connectivity index (χ4n) is 2.40. The molecule has 2 saturated heterocycles. The fourth-order valence-corrected chi connectivity index (χ4v) is 2.40. The van der Waals surface area contributed by atoms with Gasteiger partial charge in [0.2, 0.25) is 0 Å². The maximum Gasteiger partial charge on any atom is 0.384 e. The zero-order valence-corrected chi connectivity index (χ0v) is 13.6. The van der Waals surface area contributed by atoms with Crippen LogP contribution in [0.15, 0.2) is 0 Å². The number of hydrogen-bond acceptors (Lipinski definition) is 11. The standard InChI is InChI=1S/C12H21N5O8/c13-10(12(19)25-17(23)7-3-15(21)4-8-17)9-11(18)24-16(22)5-1-14(20)2-6-16/h10H,1-9,13H2/q-2/t10-/m0/s1. The van der Waals surface area contributed by atoms with E-state index < -0.39 is 34.0 Å². The molecule has 2 aliphatic heterocycles. The molecule has 0 aliphatic carbocycles. The van der Waals surface area contributed by atoms with Crippen LogP contribution in [0.4, 0.5) is 0 Å². The summed E-state index contributed by atoms with van der Waals surface area (Å²) in [6, 6.07) is -1.48. The molecule has 0 amide bonds. The second-order valence-electron chi connectivity index (χ2n) is 6.07. The largest absolute Gasteiger partial charge is 0.785 e. The quantitative estimate of drug-likeness (QED) is 0.417. The molecule has 2 heterocycles. The van der Waals surface area contributed by atoms with Gasteiger partial charge < -0.3 is 36.7 Å². The van der Waals surface area contributed by atoms with E-state index in [1.807, 2.05) is 0 Å². The Labute approximate surface area is 143 Å². The van der Waals surface area contributed by atoms with E-state index in [9.17, 15) is 30.4 Å². The Bertz CT molecular complexity index is 490. The topological polar surface area (TPSA) is 177 Å². The van der Waals surface area contributed by atoms with E-state index in [0.29, 0.717) is 10.1 Å². The first-order valence-corrected chi connectivity index (χ1v) is 7.83. The molecular weight excluding hydrogens is 342 g/mol. The number of rotatable bonds is 5. The van der Waals surface area contributed by atoms with Gasteiger partial charge in [0.25, 0.3) is 0 Å². The number of carbonyl (C=O) groups excluding carboxylic acids is 2. The molecule has 0 spiro atoms. The molecule has 0 aromatic heterocycles. The van der Waals surface area contributed by atoms with Crippen molar-refractivity contribution in [2.45, 2.75) is 12.5 Å². The zero-order valence-electron chi connectivity index (χ0n) is 13.6. The summed E-state index contributed by atoms with van der Waals surface area (Å²) in [7, 11) is 0. The lowest BCUT2D eigenvalue weighted by atomic mass is 10.2. The SMILES string of the molecule is N[C@@H](CC(=O)O[N+]1([O-])CCN([O-])CC1)C(=O)O[N+]1([O-])CCN([O-])CC1. The predicted octanol–water partition coefficient (Wildman–Crippen LogP) is -2.12. The molecule has 2 fully saturated rings. The first-order valence-electron chi connectivity index (χ1n) is 7.83. The maximum absolute atomic E-state index is 12.1. The highest BCUT2D eigenvalue weighted by Gasteiger charge is 2.33. The van der Waals surface area contributed by atoms with Crippen molar-refractivity contribution in [2.24, 2.45) is 5.73 Å². The van der Waals surface area contributed by atoms with E-state index in [1.165, 1.54) is 0 Å². The summed E-state index contributed by atoms with van der Waals surface area (Å²) in [4.78, 5) is 30.4. The molecular formula is C12H21N5O8-2. The van der Waals surface area contributed by atoms with Gasteiger partial charge >= 0.3 is 11.9 Å². The third-order valence-electron chi connectivity index (χ3n) is 3.97. The minimum atomic E-state index is -1.48. The van der Waals surface area contributed by atoms with Gasteiger partial charge in [-0.05, 0) is 0 Å². The molecule has 0 radical (unpaired) electrons. The van der Waals surface area contributed by atoms with E-state index in [4.69, 9.17) is 15.4 Å². The number of piperazine rings is 2. The van der Waals surface area contributed by atoms with Crippen molar-refractivity contribution >= 4 is 11.9 Å². The van der Waals surface area contributed by atoms with Gasteiger partial charge in [-0.25, -0.2) is 9.59 Å². The molecule has 25 heavy (non-hydrogen) atoms. The van der Waals surface area contributed by atoms with E-state index in [1.54, 1.807) is 0 Å². The van der Waals surface area contributed by atoms with Crippen LogP contribution in [0.2, 0.25) is 0 Å². The van der Waals surface area contributed by atoms with Gasteiger partial charge in [0.1, 0.15) is 32.2 Å². The van der Waals surface area contributed by atoms with Gasteiger partial charge in [-0.2, -0.15) is 9.62 Å². The van der Waals surface area contributed by atoms with Gasteiger partial charge in [0.05, 0.1) is 6.42 Å². The van der Waals surface area contributed by atoms with Crippen LogP contribution >= 0.6 is 0 Å². The molecule has 0 bridgehead atoms. The summed E-state index contributed by atoms with van der Waals surface area (Å²) in [5.74, 6) is -2.14. The van der Waals surface area contributed by atoms with Crippen LogP contribution in [0.1, 0.15) is 6.42 Å².